The molecule has 3 atom stereocenters. The van der Waals surface area contributed by atoms with Crippen LogP contribution in [-0.4, -0.2) is 63.9 Å². The van der Waals surface area contributed by atoms with Crippen LogP contribution in [0.3, 0.4) is 0 Å². The minimum Gasteiger partial charge on any atom is -0.481 e. The van der Waals surface area contributed by atoms with Crippen LogP contribution in [0, 0.1) is 17.8 Å². The molecule has 0 bridgehead atoms. The average Bonchev–Trinajstić information content (AvgIpc) is 2.84. The zero-order valence-electron chi connectivity index (χ0n) is 23.3. The molecular formula is C29H54NO6+. The number of hydrogen-bond acceptors (Lipinski definition) is 3. The van der Waals surface area contributed by atoms with Gasteiger partial charge in [-0.05, 0) is 25.7 Å². The Balaban J connectivity index is 4.89. The maximum absolute atomic E-state index is 11.4. The highest BCUT2D eigenvalue weighted by molar-refractivity contribution is 5.70. The van der Waals surface area contributed by atoms with Gasteiger partial charge >= 0.3 is 17.9 Å². The largest absolute Gasteiger partial charge is 0.481 e. The van der Waals surface area contributed by atoms with E-state index in [1.54, 1.807) is 20.8 Å². The van der Waals surface area contributed by atoms with Crippen molar-refractivity contribution in [2.24, 2.45) is 17.8 Å². The van der Waals surface area contributed by atoms with Crippen LogP contribution in [0.5, 0.6) is 0 Å². The van der Waals surface area contributed by atoms with Crippen molar-refractivity contribution in [3.8, 4) is 0 Å². The van der Waals surface area contributed by atoms with Crippen LogP contribution in [0.15, 0.2) is 12.7 Å². The van der Waals surface area contributed by atoms with Crippen LogP contribution >= 0.6 is 0 Å². The second-order valence-electron chi connectivity index (χ2n) is 10.9. The number of unbranched alkanes of at least 4 members (excludes halogenated alkanes) is 10. The smallest absolute Gasteiger partial charge is 0.306 e. The Morgan fingerprint density at radius 1 is 0.583 bits per heavy atom. The minimum absolute atomic E-state index is 0.479. The summed E-state index contributed by atoms with van der Waals surface area (Å²) in [5, 5.41) is 28.1. The molecule has 0 aromatic rings. The van der Waals surface area contributed by atoms with Crippen LogP contribution in [-0.2, 0) is 14.4 Å². The molecule has 3 unspecified atom stereocenters. The number of hydrogen-bond donors (Lipinski definition) is 3. The van der Waals surface area contributed by atoms with E-state index in [-0.39, 0.29) is 0 Å². The van der Waals surface area contributed by atoms with Gasteiger partial charge in [-0.2, -0.15) is 0 Å². The summed E-state index contributed by atoms with van der Waals surface area (Å²) in [4.78, 5) is 34.3. The molecule has 3 N–H and O–H groups in total. The lowest BCUT2D eigenvalue weighted by atomic mass is 10.0. The van der Waals surface area contributed by atoms with Crippen molar-refractivity contribution in [3.63, 3.8) is 0 Å². The Labute approximate surface area is 219 Å². The zero-order chi connectivity index (χ0) is 27.4. The first kappa shape index (κ1) is 34.1. The first-order chi connectivity index (χ1) is 17.0. The van der Waals surface area contributed by atoms with Crippen molar-refractivity contribution in [1.82, 2.24) is 0 Å². The van der Waals surface area contributed by atoms with Crippen LogP contribution in [0.25, 0.3) is 0 Å². The Morgan fingerprint density at radius 2 is 0.889 bits per heavy atom. The molecule has 36 heavy (non-hydrogen) atoms. The van der Waals surface area contributed by atoms with Gasteiger partial charge in [-0.1, -0.05) is 71.8 Å². The summed E-state index contributed by atoms with van der Waals surface area (Å²) in [6, 6.07) is 0. The predicted octanol–water partition coefficient (Wildman–Crippen LogP) is 6.61. The van der Waals surface area contributed by atoms with Gasteiger partial charge in [0.05, 0.1) is 43.9 Å². The molecule has 0 fully saturated rings. The molecule has 0 saturated carbocycles. The fourth-order valence-electron chi connectivity index (χ4n) is 4.59. The molecule has 0 spiro atoms. The van der Waals surface area contributed by atoms with E-state index in [4.69, 9.17) is 0 Å². The highest BCUT2D eigenvalue weighted by Gasteiger charge is 2.31. The van der Waals surface area contributed by atoms with Gasteiger partial charge in [-0.3, -0.25) is 14.4 Å². The number of carboxylic acid groups (broad SMARTS) is 3. The number of rotatable bonds is 25. The summed E-state index contributed by atoms with van der Waals surface area (Å²) < 4.78 is 0.609. The Kier molecular flexibility index (Phi) is 19.1. The van der Waals surface area contributed by atoms with E-state index in [0.717, 1.165) is 25.8 Å². The summed E-state index contributed by atoms with van der Waals surface area (Å²) in [5.41, 5.74) is 0. The van der Waals surface area contributed by atoms with E-state index in [1.807, 2.05) is 6.08 Å². The van der Waals surface area contributed by atoms with Crippen LogP contribution in [0.2, 0.25) is 0 Å². The summed E-state index contributed by atoms with van der Waals surface area (Å²) >= 11 is 0. The summed E-state index contributed by atoms with van der Waals surface area (Å²) in [7, 11) is 0. The highest BCUT2D eigenvalue weighted by Crippen LogP contribution is 2.22. The maximum Gasteiger partial charge on any atom is 0.306 e. The van der Waals surface area contributed by atoms with E-state index >= 15 is 0 Å². The number of aliphatic carboxylic acids is 3. The van der Waals surface area contributed by atoms with Gasteiger partial charge in [0, 0.05) is 19.3 Å². The number of carboxylic acids is 3. The number of quaternary nitrogens is 1. The number of allylic oxidation sites excluding steroid dienone is 1. The van der Waals surface area contributed by atoms with Crippen molar-refractivity contribution >= 4 is 17.9 Å². The van der Waals surface area contributed by atoms with Crippen molar-refractivity contribution in [2.75, 3.05) is 26.2 Å². The third-order valence-corrected chi connectivity index (χ3v) is 7.66. The van der Waals surface area contributed by atoms with Crippen LogP contribution < -0.4 is 0 Å². The molecular weight excluding hydrogens is 458 g/mol. The van der Waals surface area contributed by atoms with Crippen molar-refractivity contribution in [2.45, 2.75) is 111 Å². The topological polar surface area (TPSA) is 112 Å². The molecule has 0 amide bonds. The summed E-state index contributed by atoms with van der Waals surface area (Å²) in [6.07, 6.45) is 16.7. The van der Waals surface area contributed by atoms with E-state index < -0.39 is 35.7 Å². The normalized spacial score (nSPS) is 15.5. The molecule has 0 aromatic heterocycles. The number of carbonyl (C=O) groups is 3. The third kappa shape index (κ3) is 16.7. The molecule has 210 valence electrons. The second kappa shape index (κ2) is 20.2. The fraction of sp³-hybridized carbons (Fsp3) is 0.828. The second-order valence-corrected chi connectivity index (χ2v) is 10.9. The minimum atomic E-state index is -0.827. The van der Waals surface area contributed by atoms with Gasteiger partial charge in [-0.25, -0.2) is 0 Å². The van der Waals surface area contributed by atoms with Gasteiger partial charge in [0.15, 0.2) is 0 Å². The van der Waals surface area contributed by atoms with Crippen molar-refractivity contribution < 1.29 is 34.2 Å². The molecule has 0 radical (unpaired) electrons. The summed E-state index contributed by atoms with van der Waals surface area (Å²) in [5.74, 6) is -3.92. The van der Waals surface area contributed by atoms with E-state index in [0.29, 0.717) is 43.4 Å². The Hall–Kier alpha value is -1.89. The molecule has 0 aliphatic carbocycles. The zero-order valence-corrected chi connectivity index (χ0v) is 23.3. The molecule has 7 heteroatoms. The van der Waals surface area contributed by atoms with E-state index in [9.17, 15) is 29.7 Å². The third-order valence-electron chi connectivity index (χ3n) is 7.66. The molecule has 0 aliphatic rings. The van der Waals surface area contributed by atoms with Crippen LogP contribution in [0.4, 0.5) is 0 Å². The van der Waals surface area contributed by atoms with Gasteiger partial charge in [0.1, 0.15) is 0 Å². The molecule has 7 nitrogen and oxygen atoms in total. The summed E-state index contributed by atoms with van der Waals surface area (Å²) in [6.45, 7) is 11.6. The van der Waals surface area contributed by atoms with Crippen LogP contribution in [0.1, 0.15) is 111 Å². The van der Waals surface area contributed by atoms with E-state index in [2.05, 4.69) is 6.58 Å². The first-order valence-corrected chi connectivity index (χ1v) is 14.2. The maximum atomic E-state index is 11.4. The molecule has 0 rings (SSSR count). The van der Waals surface area contributed by atoms with Crippen molar-refractivity contribution in [3.05, 3.63) is 12.7 Å². The lowest BCUT2D eigenvalue weighted by molar-refractivity contribution is -0.929. The lowest BCUT2D eigenvalue weighted by Crippen LogP contribution is -2.52. The molecule has 0 aromatic carbocycles. The quantitative estimate of drug-likeness (QED) is 0.0720. The van der Waals surface area contributed by atoms with Crippen molar-refractivity contribution in [1.29, 1.82) is 0 Å². The van der Waals surface area contributed by atoms with Gasteiger partial charge in [0.25, 0.3) is 0 Å². The lowest BCUT2D eigenvalue weighted by Gasteiger charge is -2.40. The highest BCUT2D eigenvalue weighted by atomic mass is 16.4. The van der Waals surface area contributed by atoms with Gasteiger partial charge in [0.2, 0.25) is 0 Å². The SMILES string of the molecule is C=CCCCCCCCCCCCC[N+](CCC(C)C(=O)O)(CCC(C)C(=O)O)CCC(C)C(=O)O. The molecule has 0 heterocycles. The van der Waals surface area contributed by atoms with E-state index in [1.165, 1.54) is 51.4 Å². The monoisotopic (exact) mass is 512 g/mol. The molecule has 0 saturated heterocycles. The standard InChI is InChI=1S/C29H53NO6/c1-5-6-7-8-9-10-11-12-13-14-15-16-20-30(21-17-24(2)27(31)32,22-18-25(3)28(33)34)23-19-26(4)29(35)36/h5,24-26H,1,6-23H2,2-4H3,(H2-,31,32,33,34,35,36)/p+1. The first-order valence-electron chi connectivity index (χ1n) is 14.2. The Bertz CT molecular complexity index is 575. The van der Waals surface area contributed by atoms with Gasteiger partial charge in [-0.15, -0.1) is 6.58 Å². The fourth-order valence-corrected chi connectivity index (χ4v) is 4.59. The predicted molar refractivity (Wildman–Crippen MR) is 145 cm³/mol. The number of nitrogens with zero attached hydrogens (tertiary/aromatic N) is 1. The Morgan fingerprint density at radius 3 is 1.19 bits per heavy atom. The molecule has 0 aliphatic heterocycles. The average molecular weight is 513 g/mol. The van der Waals surface area contributed by atoms with Gasteiger partial charge < -0.3 is 19.8 Å².